The molecule has 10 heteroatoms. The molecule has 36 heavy (non-hydrogen) atoms. The second-order valence-electron chi connectivity index (χ2n) is 7.86. The van der Waals surface area contributed by atoms with Crippen LogP contribution in [0.25, 0.3) is 16.9 Å². The number of hydrogen-bond acceptors (Lipinski definition) is 4. The number of urea groups is 1. The predicted molar refractivity (Wildman–Crippen MR) is 132 cm³/mol. The highest BCUT2D eigenvalue weighted by atomic mass is 19.4. The van der Waals surface area contributed by atoms with Crippen LogP contribution in [0.3, 0.4) is 0 Å². The molecule has 0 saturated heterocycles. The molecule has 2 aromatic heterocycles. The largest absolute Gasteiger partial charge is 0.416 e. The number of anilines is 4. The van der Waals surface area contributed by atoms with Gasteiger partial charge in [0.1, 0.15) is 0 Å². The highest BCUT2D eigenvalue weighted by molar-refractivity contribution is 6.00. The lowest BCUT2D eigenvalue weighted by Crippen LogP contribution is -2.19. The van der Waals surface area contributed by atoms with E-state index in [4.69, 9.17) is 4.98 Å². The Labute approximate surface area is 203 Å². The van der Waals surface area contributed by atoms with Gasteiger partial charge in [0.15, 0.2) is 11.5 Å². The maximum Gasteiger partial charge on any atom is 0.416 e. The van der Waals surface area contributed by atoms with Gasteiger partial charge in [0.05, 0.1) is 11.3 Å². The van der Waals surface area contributed by atoms with Crippen LogP contribution in [0, 0.1) is 0 Å². The van der Waals surface area contributed by atoms with E-state index in [1.807, 2.05) is 53.2 Å². The summed E-state index contributed by atoms with van der Waals surface area (Å²) in [6.07, 6.45) is 0.891. The normalized spacial score (nSPS) is 11.3. The maximum absolute atomic E-state index is 12.7. The minimum absolute atomic E-state index is 0.237. The number of hydrogen-bond donors (Lipinski definition) is 3. The molecule has 0 aliphatic carbocycles. The molecule has 5 aromatic rings. The van der Waals surface area contributed by atoms with Crippen LogP contribution in [0.1, 0.15) is 5.56 Å². The summed E-state index contributed by atoms with van der Waals surface area (Å²) in [5.74, 6) is 0.571. The van der Waals surface area contributed by atoms with E-state index in [1.54, 1.807) is 24.4 Å². The Hall–Kier alpha value is -4.86. The molecule has 180 valence electrons. The van der Waals surface area contributed by atoms with E-state index in [0.717, 1.165) is 23.4 Å². The highest BCUT2D eigenvalue weighted by Gasteiger charge is 2.30. The molecule has 3 aromatic carbocycles. The topological polar surface area (TPSA) is 83.4 Å². The van der Waals surface area contributed by atoms with Crippen molar-refractivity contribution in [1.29, 1.82) is 0 Å². The van der Waals surface area contributed by atoms with Gasteiger partial charge in [-0.25, -0.2) is 14.8 Å². The van der Waals surface area contributed by atoms with E-state index in [-0.39, 0.29) is 5.69 Å². The zero-order valence-electron chi connectivity index (χ0n) is 18.6. The summed E-state index contributed by atoms with van der Waals surface area (Å²) >= 11 is 0. The number of carbonyl (C=O) groups is 1. The monoisotopic (exact) mass is 488 g/mol. The van der Waals surface area contributed by atoms with Crippen molar-refractivity contribution in [1.82, 2.24) is 14.4 Å². The second kappa shape index (κ2) is 9.41. The van der Waals surface area contributed by atoms with Crippen molar-refractivity contribution in [3.8, 4) is 11.3 Å². The average Bonchev–Trinajstić information content (AvgIpc) is 3.34. The van der Waals surface area contributed by atoms with Crippen molar-refractivity contribution in [2.75, 3.05) is 16.0 Å². The van der Waals surface area contributed by atoms with Crippen molar-refractivity contribution >= 4 is 34.6 Å². The van der Waals surface area contributed by atoms with Crippen molar-refractivity contribution in [2.45, 2.75) is 6.18 Å². The Balaban J connectivity index is 1.35. The lowest BCUT2D eigenvalue weighted by atomic mass is 10.1. The Morgan fingerprint density at radius 3 is 2.31 bits per heavy atom. The van der Waals surface area contributed by atoms with E-state index in [2.05, 4.69) is 20.9 Å². The summed E-state index contributed by atoms with van der Waals surface area (Å²) in [5.41, 5.74) is 2.85. The minimum Gasteiger partial charge on any atom is -0.337 e. The summed E-state index contributed by atoms with van der Waals surface area (Å²) in [6.45, 7) is 0. The Morgan fingerprint density at radius 1 is 0.833 bits per heavy atom. The van der Waals surface area contributed by atoms with Crippen LogP contribution in [-0.4, -0.2) is 20.4 Å². The Morgan fingerprint density at radius 2 is 1.56 bits per heavy atom. The van der Waals surface area contributed by atoms with Gasteiger partial charge >= 0.3 is 12.2 Å². The lowest BCUT2D eigenvalue weighted by molar-refractivity contribution is -0.137. The van der Waals surface area contributed by atoms with Crippen molar-refractivity contribution in [3.63, 3.8) is 0 Å². The molecule has 0 aliphatic heterocycles. The van der Waals surface area contributed by atoms with Gasteiger partial charge in [-0.05, 0) is 48.5 Å². The number of nitrogens with one attached hydrogen (secondary N) is 3. The summed E-state index contributed by atoms with van der Waals surface area (Å²) < 4.78 is 40.1. The molecule has 5 rings (SSSR count). The third kappa shape index (κ3) is 5.12. The van der Waals surface area contributed by atoms with Gasteiger partial charge in [0.25, 0.3) is 0 Å². The number of alkyl halides is 3. The van der Waals surface area contributed by atoms with E-state index < -0.39 is 17.8 Å². The van der Waals surface area contributed by atoms with E-state index >= 15 is 0 Å². The van der Waals surface area contributed by atoms with Crippen LogP contribution in [0.4, 0.5) is 40.8 Å². The van der Waals surface area contributed by atoms with Crippen LogP contribution in [0.15, 0.2) is 97.5 Å². The Kier molecular flexibility index (Phi) is 5.99. The fourth-order valence-electron chi connectivity index (χ4n) is 3.61. The molecule has 0 aliphatic rings. The number of amides is 2. The molecule has 0 unspecified atom stereocenters. The average molecular weight is 488 g/mol. The summed E-state index contributed by atoms with van der Waals surface area (Å²) in [5, 5.41) is 8.51. The zero-order valence-corrected chi connectivity index (χ0v) is 18.6. The number of imidazole rings is 1. The van der Waals surface area contributed by atoms with Crippen molar-refractivity contribution in [2.24, 2.45) is 0 Å². The number of fused-ring (bicyclic) bond motifs is 1. The molecule has 7 nitrogen and oxygen atoms in total. The van der Waals surface area contributed by atoms with Gasteiger partial charge in [-0.2, -0.15) is 13.2 Å². The van der Waals surface area contributed by atoms with Gasteiger partial charge < -0.3 is 20.4 Å². The molecule has 0 bridgehead atoms. The molecule has 2 amide bonds. The van der Waals surface area contributed by atoms with E-state index in [1.165, 1.54) is 12.1 Å². The molecule has 0 spiro atoms. The lowest BCUT2D eigenvalue weighted by Gasteiger charge is -2.12. The quantitative estimate of drug-likeness (QED) is 0.254. The van der Waals surface area contributed by atoms with Crippen LogP contribution in [-0.2, 0) is 6.18 Å². The standard InChI is InChI=1S/C26H19F3N6O/c27-26(28,29)18-9-11-20(12-10-18)32-25(36)33-21-8-4-5-17(15-21)22-16-35-14-13-30-24(35)23(34-22)31-19-6-2-1-3-7-19/h1-16H,(H,31,34)(H2,32,33,36). The minimum atomic E-state index is -4.44. The molecule has 0 saturated carbocycles. The highest BCUT2D eigenvalue weighted by Crippen LogP contribution is 2.30. The van der Waals surface area contributed by atoms with Gasteiger partial charge in [-0.1, -0.05) is 30.3 Å². The van der Waals surface area contributed by atoms with Crippen LogP contribution in [0.5, 0.6) is 0 Å². The van der Waals surface area contributed by atoms with Crippen LogP contribution < -0.4 is 16.0 Å². The molecule has 0 radical (unpaired) electrons. The summed E-state index contributed by atoms with van der Waals surface area (Å²) in [4.78, 5) is 21.5. The zero-order chi connectivity index (χ0) is 25.1. The fourth-order valence-corrected chi connectivity index (χ4v) is 3.61. The molecule has 3 N–H and O–H groups in total. The first kappa shape index (κ1) is 22.9. The third-order valence-electron chi connectivity index (χ3n) is 5.30. The number of para-hydroxylation sites is 1. The first-order valence-electron chi connectivity index (χ1n) is 10.9. The first-order chi connectivity index (χ1) is 17.3. The van der Waals surface area contributed by atoms with Gasteiger partial charge in [-0.3, -0.25) is 0 Å². The van der Waals surface area contributed by atoms with Gasteiger partial charge in [0.2, 0.25) is 0 Å². The predicted octanol–water partition coefficient (Wildman–Crippen LogP) is 6.80. The fraction of sp³-hybridized carbons (Fsp3) is 0.0385. The van der Waals surface area contributed by atoms with Crippen molar-refractivity contribution < 1.29 is 18.0 Å². The summed E-state index contributed by atoms with van der Waals surface area (Å²) in [6, 6.07) is 20.3. The number of nitrogens with zero attached hydrogens (tertiary/aromatic N) is 3. The van der Waals surface area contributed by atoms with Crippen LogP contribution >= 0.6 is 0 Å². The Bertz CT molecular complexity index is 1510. The SMILES string of the molecule is O=C(Nc1ccc(C(F)(F)F)cc1)Nc1cccc(-c2cn3ccnc3c(Nc3ccccc3)n2)c1. The maximum atomic E-state index is 12.7. The molecular weight excluding hydrogens is 469 g/mol. The molecular formula is C26H19F3N6O. The van der Waals surface area contributed by atoms with Crippen molar-refractivity contribution in [3.05, 3.63) is 103 Å². The van der Waals surface area contributed by atoms with Crippen LogP contribution in [0.2, 0.25) is 0 Å². The second-order valence-corrected chi connectivity index (χ2v) is 7.86. The van der Waals surface area contributed by atoms with Gasteiger partial charge in [-0.15, -0.1) is 0 Å². The van der Waals surface area contributed by atoms with E-state index in [0.29, 0.717) is 22.8 Å². The first-order valence-corrected chi connectivity index (χ1v) is 10.9. The number of halogens is 3. The number of benzene rings is 3. The van der Waals surface area contributed by atoms with E-state index in [9.17, 15) is 18.0 Å². The number of aromatic nitrogens is 3. The molecule has 0 fully saturated rings. The number of carbonyl (C=O) groups excluding carboxylic acids is 1. The number of rotatable bonds is 5. The summed E-state index contributed by atoms with van der Waals surface area (Å²) in [7, 11) is 0. The molecule has 2 heterocycles. The molecule has 0 atom stereocenters. The smallest absolute Gasteiger partial charge is 0.337 e. The van der Waals surface area contributed by atoms with Gasteiger partial charge in [0, 0.05) is 41.2 Å². The third-order valence-corrected chi connectivity index (χ3v) is 5.30.